The Morgan fingerprint density at radius 2 is 1.83 bits per heavy atom. The minimum atomic E-state index is -3.19. The smallest absolute Gasteiger partial charge is 0.191 e. The lowest BCUT2D eigenvalue weighted by atomic mass is 10.1. The number of hydrogen-bond acceptors (Lipinski definition) is 5. The number of benzene rings is 1. The second-order valence-corrected chi connectivity index (χ2v) is 10.8. The van der Waals surface area contributed by atoms with Crippen LogP contribution in [0, 0.1) is 0 Å². The van der Waals surface area contributed by atoms with Crippen molar-refractivity contribution >= 4 is 15.8 Å². The van der Waals surface area contributed by atoms with Gasteiger partial charge < -0.3 is 15.4 Å². The molecule has 1 atom stereocenters. The zero-order valence-electron chi connectivity index (χ0n) is 18.4. The van der Waals surface area contributed by atoms with Crippen molar-refractivity contribution in [3.63, 3.8) is 0 Å². The van der Waals surface area contributed by atoms with Gasteiger partial charge in [0.15, 0.2) is 15.8 Å². The minimum absolute atomic E-state index is 0.206. The van der Waals surface area contributed by atoms with E-state index in [0.29, 0.717) is 19.0 Å². The summed E-state index contributed by atoms with van der Waals surface area (Å²) in [6.07, 6.45) is 3.68. The Balaban J connectivity index is 2.14. The van der Waals surface area contributed by atoms with Gasteiger partial charge >= 0.3 is 0 Å². The average molecular weight is 425 g/mol. The van der Waals surface area contributed by atoms with Gasteiger partial charge in [-0.25, -0.2) is 8.42 Å². The summed E-state index contributed by atoms with van der Waals surface area (Å²) in [5, 5.41) is 6.65. The van der Waals surface area contributed by atoms with Crippen LogP contribution in [-0.2, 0) is 9.84 Å². The van der Waals surface area contributed by atoms with E-state index in [1.807, 2.05) is 19.1 Å². The van der Waals surface area contributed by atoms with Gasteiger partial charge in [-0.15, -0.1) is 0 Å². The first-order chi connectivity index (χ1) is 13.7. The summed E-state index contributed by atoms with van der Waals surface area (Å²) in [6, 6.07) is 8.43. The summed E-state index contributed by atoms with van der Waals surface area (Å²) in [6.45, 7) is 9.18. The van der Waals surface area contributed by atoms with E-state index in [4.69, 9.17) is 4.74 Å². The van der Waals surface area contributed by atoms with Crippen LogP contribution in [0.5, 0.6) is 5.75 Å². The molecule has 1 fully saturated rings. The summed E-state index contributed by atoms with van der Waals surface area (Å²) < 4.78 is 28.3. The summed E-state index contributed by atoms with van der Waals surface area (Å²) in [4.78, 5) is 7.03. The van der Waals surface area contributed by atoms with E-state index in [1.54, 1.807) is 21.0 Å². The second-order valence-electron chi connectivity index (χ2n) is 8.14. The first-order valence-electron chi connectivity index (χ1n) is 10.3. The van der Waals surface area contributed by atoms with Crippen LogP contribution >= 0.6 is 0 Å². The standard InChI is InChI=1S/C21H36N4O3S/c1-6-22-20(24-16-21(2,3)29(5,26)27)23-15-19(25-13-7-8-14-25)17-9-11-18(28-4)12-10-17/h9-12,19H,6-8,13-16H2,1-5H3,(H2,22,23,24). The summed E-state index contributed by atoms with van der Waals surface area (Å²) in [7, 11) is -1.52. The molecule has 0 radical (unpaired) electrons. The fraction of sp³-hybridized carbons (Fsp3) is 0.667. The minimum Gasteiger partial charge on any atom is -0.497 e. The summed E-state index contributed by atoms with van der Waals surface area (Å²) >= 11 is 0. The van der Waals surface area contributed by atoms with Crippen LogP contribution in [0.25, 0.3) is 0 Å². The van der Waals surface area contributed by atoms with Crippen molar-refractivity contribution in [3.8, 4) is 5.75 Å². The quantitative estimate of drug-likeness (QED) is 0.467. The number of sulfone groups is 1. The van der Waals surface area contributed by atoms with Crippen molar-refractivity contribution in [2.75, 3.05) is 46.1 Å². The van der Waals surface area contributed by atoms with E-state index in [9.17, 15) is 8.42 Å². The molecular formula is C21H36N4O3S. The molecule has 8 heteroatoms. The van der Waals surface area contributed by atoms with Gasteiger partial charge in [-0.3, -0.25) is 9.89 Å². The highest BCUT2D eigenvalue weighted by molar-refractivity contribution is 7.92. The molecule has 0 aliphatic carbocycles. The first kappa shape index (κ1) is 23.5. The van der Waals surface area contributed by atoms with Gasteiger partial charge in [-0.1, -0.05) is 12.1 Å². The number of rotatable bonds is 9. The molecule has 0 aromatic heterocycles. The van der Waals surface area contributed by atoms with E-state index in [2.05, 4.69) is 32.7 Å². The highest BCUT2D eigenvalue weighted by atomic mass is 32.2. The molecular weight excluding hydrogens is 388 g/mol. The largest absolute Gasteiger partial charge is 0.497 e. The number of guanidine groups is 1. The molecule has 1 heterocycles. The van der Waals surface area contributed by atoms with Gasteiger partial charge in [0.25, 0.3) is 0 Å². The summed E-state index contributed by atoms with van der Waals surface area (Å²) in [5.41, 5.74) is 1.23. The molecule has 2 rings (SSSR count). The van der Waals surface area contributed by atoms with Crippen LogP contribution < -0.4 is 15.4 Å². The lowest BCUT2D eigenvalue weighted by Gasteiger charge is -2.29. The van der Waals surface area contributed by atoms with Crippen LogP contribution in [0.4, 0.5) is 0 Å². The fourth-order valence-corrected chi connectivity index (χ4v) is 3.56. The number of methoxy groups -OCH3 is 1. The second kappa shape index (κ2) is 10.3. The maximum Gasteiger partial charge on any atom is 0.191 e. The summed E-state index contributed by atoms with van der Waals surface area (Å²) in [5.74, 6) is 1.49. The van der Waals surface area contributed by atoms with Crippen LogP contribution in [0.3, 0.4) is 0 Å². The van der Waals surface area contributed by atoms with E-state index >= 15 is 0 Å². The Hall–Kier alpha value is -1.80. The van der Waals surface area contributed by atoms with Crippen LogP contribution in [0.15, 0.2) is 29.3 Å². The van der Waals surface area contributed by atoms with Crippen LogP contribution in [0.2, 0.25) is 0 Å². The molecule has 1 aromatic carbocycles. The van der Waals surface area contributed by atoms with E-state index in [1.165, 1.54) is 24.7 Å². The van der Waals surface area contributed by atoms with Gasteiger partial charge in [0.05, 0.1) is 24.4 Å². The number of nitrogens with zero attached hydrogens (tertiary/aromatic N) is 2. The molecule has 29 heavy (non-hydrogen) atoms. The SMILES string of the molecule is CCNC(=NCC(C)(C)S(C)(=O)=O)NCC(c1ccc(OC)cc1)N1CCCC1. The molecule has 164 valence electrons. The van der Waals surface area contributed by atoms with E-state index in [0.717, 1.165) is 18.8 Å². The molecule has 1 saturated heterocycles. The normalized spacial score (nSPS) is 17.2. The van der Waals surface area contributed by atoms with Crippen molar-refractivity contribution in [1.29, 1.82) is 0 Å². The van der Waals surface area contributed by atoms with Gasteiger partial charge in [-0.2, -0.15) is 0 Å². The molecule has 0 saturated carbocycles. The zero-order valence-corrected chi connectivity index (χ0v) is 19.2. The lowest BCUT2D eigenvalue weighted by molar-refractivity contribution is 0.245. The fourth-order valence-electron chi connectivity index (χ4n) is 3.26. The predicted octanol–water partition coefficient (Wildman–Crippen LogP) is 2.21. The molecule has 0 bridgehead atoms. The Bertz CT molecular complexity index is 770. The lowest BCUT2D eigenvalue weighted by Crippen LogP contribution is -2.44. The number of aliphatic imine (C=N–C) groups is 1. The monoisotopic (exact) mass is 424 g/mol. The van der Waals surface area contributed by atoms with Crippen molar-refractivity contribution in [1.82, 2.24) is 15.5 Å². The van der Waals surface area contributed by atoms with Crippen LogP contribution in [0.1, 0.15) is 45.2 Å². The van der Waals surface area contributed by atoms with Crippen molar-refractivity contribution in [2.45, 2.75) is 44.4 Å². The third-order valence-electron chi connectivity index (χ3n) is 5.51. The molecule has 0 amide bonds. The van der Waals surface area contributed by atoms with Crippen molar-refractivity contribution < 1.29 is 13.2 Å². The van der Waals surface area contributed by atoms with E-state index in [-0.39, 0.29) is 12.6 Å². The molecule has 1 aliphatic rings. The Morgan fingerprint density at radius 3 is 2.34 bits per heavy atom. The molecule has 1 aromatic rings. The Kier molecular flexibility index (Phi) is 8.34. The molecule has 2 N–H and O–H groups in total. The third-order valence-corrected chi connectivity index (χ3v) is 7.65. The molecule has 1 aliphatic heterocycles. The zero-order chi connectivity index (χ0) is 21.5. The van der Waals surface area contributed by atoms with Gasteiger partial charge in [0.2, 0.25) is 0 Å². The number of nitrogens with one attached hydrogen (secondary N) is 2. The molecule has 1 unspecified atom stereocenters. The number of hydrogen-bond donors (Lipinski definition) is 2. The van der Waals surface area contributed by atoms with E-state index < -0.39 is 14.6 Å². The topological polar surface area (TPSA) is 83.0 Å². The highest BCUT2D eigenvalue weighted by Crippen LogP contribution is 2.26. The number of likely N-dealkylation sites (tertiary alicyclic amines) is 1. The van der Waals surface area contributed by atoms with Crippen molar-refractivity contribution in [2.24, 2.45) is 4.99 Å². The number of ether oxygens (including phenoxy) is 1. The van der Waals surface area contributed by atoms with Crippen LogP contribution in [-0.4, -0.2) is 70.1 Å². The van der Waals surface area contributed by atoms with Gasteiger partial charge in [0.1, 0.15) is 5.75 Å². The van der Waals surface area contributed by atoms with Gasteiger partial charge in [0, 0.05) is 19.3 Å². The maximum atomic E-state index is 12.0. The van der Waals surface area contributed by atoms with Crippen molar-refractivity contribution in [3.05, 3.63) is 29.8 Å². The predicted molar refractivity (Wildman–Crippen MR) is 119 cm³/mol. The third kappa shape index (κ3) is 6.60. The maximum absolute atomic E-state index is 12.0. The van der Waals surface area contributed by atoms with Gasteiger partial charge in [-0.05, 0) is 64.4 Å². The Labute approximate surface area is 175 Å². The average Bonchev–Trinajstić information content (AvgIpc) is 3.20. The molecule has 0 spiro atoms. The highest BCUT2D eigenvalue weighted by Gasteiger charge is 2.30. The Morgan fingerprint density at radius 1 is 1.21 bits per heavy atom. The first-order valence-corrected chi connectivity index (χ1v) is 12.2. The molecule has 7 nitrogen and oxygen atoms in total.